The molecule has 0 unspecified atom stereocenters. The SMILES string of the molecule is O=C(CBr)c1cc2cccc(F)c2o1. The number of carbonyl (C=O) groups excluding carboxylic acids is 1. The normalized spacial score (nSPS) is 10.7. The summed E-state index contributed by atoms with van der Waals surface area (Å²) in [6, 6.07) is 6.12. The molecule has 14 heavy (non-hydrogen) atoms. The summed E-state index contributed by atoms with van der Waals surface area (Å²) >= 11 is 3.02. The molecule has 1 heterocycles. The molecule has 4 heteroatoms. The molecule has 0 amide bonds. The van der Waals surface area contributed by atoms with Crippen LogP contribution in [0.25, 0.3) is 11.0 Å². The smallest absolute Gasteiger partial charge is 0.208 e. The molecule has 2 aromatic rings. The van der Waals surface area contributed by atoms with E-state index in [9.17, 15) is 9.18 Å². The van der Waals surface area contributed by atoms with E-state index in [1.807, 2.05) is 0 Å². The summed E-state index contributed by atoms with van der Waals surface area (Å²) in [5.41, 5.74) is 0.136. The predicted molar refractivity (Wildman–Crippen MR) is 54.3 cm³/mol. The van der Waals surface area contributed by atoms with Crippen LogP contribution in [0.5, 0.6) is 0 Å². The van der Waals surface area contributed by atoms with Crippen LogP contribution < -0.4 is 0 Å². The van der Waals surface area contributed by atoms with Crippen molar-refractivity contribution >= 4 is 32.7 Å². The van der Waals surface area contributed by atoms with E-state index in [4.69, 9.17) is 4.42 Å². The van der Waals surface area contributed by atoms with Crippen molar-refractivity contribution in [1.82, 2.24) is 0 Å². The zero-order valence-corrected chi connectivity index (χ0v) is 8.67. The number of hydrogen-bond donors (Lipinski definition) is 0. The van der Waals surface area contributed by atoms with Gasteiger partial charge in [0, 0.05) is 5.39 Å². The van der Waals surface area contributed by atoms with Gasteiger partial charge in [-0.15, -0.1) is 0 Å². The van der Waals surface area contributed by atoms with E-state index in [-0.39, 0.29) is 22.5 Å². The maximum atomic E-state index is 13.2. The molecule has 0 atom stereocenters. The van der Waals surface area contributed by atoms with Crippen LogP contribution in [0.1, 0.15) is 10.6 Å². The summed E-state index contributed by atoms with van der Waals surface area (Å²) in [6.45, 7) is 0. The quantitative estimate of drug-likeness (QED) is 0.611. The summed E-state index contributed by atoms with van der Waals surface area (Å²) in [7, 11) is 0. The van der Waals surface area contributed by atoms with Gasteiger partial charge in [-0.1, -0.05) is 28.1 Å². The molecule has 1 aromatic heterocycles. The average Bonchev–Trinajstić information content (AvgIpc) is 2.62. The van der Waals surface area contributed by atoms with Crippen molar-refractivity contribution in [2.24, 2.45) is 0 Å². The van der Waals surface area contributed by atoms with Gasteiger partial charge in [-0.25, -0.2) is 4.39 Å². The Bertz CT molecular complexity index is 490. The lowest BCUT2D eigenvalue weighted by Gasteiger charge is -1.89. The van der Waals surface area contributed by atoms with Gasteiger partial charge in [0.2, 0.25) is 5.78 Å². The number of fused-ring (bicyclic) bond motifs is 1. The Labute approximate surface area is 87.8 Å². The Morgan fingerprint density at radius 2 is 2.29 bits per heavy atom. The molecule has 2 rings (SSSR count). The summed E-state index contributed by atoms with van der Waals surface area (Å²) in [4.78, 5) is 11.2. The van der Waals surface area contributed by atoms with Crippen LogP contribution in [-0.4, -0.2) is 11.1 Å². The van der Waals surface area contributed by atoms with E-state index in [2.05, 4.69) is 15.9 Å². The average molecular weight is 257 g/mol. The number of para-hydroxylation sites is 1. The molecule has 0 bridgehead atoms. The zero-order chi connectivity index (χ0) is 10.1. The molecule has 0 N–H and O–H groups in total. The monoisotopic (exact) mass is 256 g/mol. The topological polar surface area (TPSA) is 30.2 Å². The van der Waals surface area contributed by atoms with Crippen molar-refractivity contribution in [1.29, 1.82) is 0 Å². The highest BCUT2D eigenvalue weighted by atomic mass is 79.9. The number of ketones is 1. The Balaban J connectivity index is 2.62. The second kappa shape index (κ2) is 3.53. The van der Waals surface area contributed by atoms with E-state index < -0.39 is 5.82 Å². The van der Waals surface area contributed by atoms with Crippen LogP contribution >= 0.6 is 15.9 Å². The van der Waals surface area contributed by atoms with Crippen LogP contribution in [0.2, 0.25) is 0 Å². The van der Waals surface area contributed by atoms with E-state index >= 15 is 0 Å². The molecular weight excluding hydrogens is 251 g/mol. The third-order valence-corrected chi connectivity index (χ3v) is 2.40. The van der Waals surface area contributed by atoms with Gasteiger partial charge in [-0.2, -0.15) is 0 Å². The maximum Gasteiger partial charge on any atom is 0.208 e. The molecule has 0 fully saturated rings. The van der Waals surface area contributed by atoms with E-state index in [1.54, 1.807) is 18.2 Å². The molecule has 0 saturated heterocycles. The summed E-state index contributed by atoms with van der Waals surface area (Å²) in [5.74, 6) is -0.460. The zero-order valence-electron chi connectivity index (χ0n) is 7.09. The van der Waals surface area contributed by atoms with Gasteiger partial charge in [-0.05, 0) is 12.1 Å². The van der Waals surface area contributed by atoms with Crippen LogP contribution in [0.3, 0.4) is 0 Å². The van der Waals surface area contributed by atoms with Crippen molar-refractivity contribution in [2.45, 2.75) is 0 Å². The molecule has 72 valence electrons. The Morgan fingerprint density at radius 3 is 2.93 bits per heavy atom. The third kappa shape index (κ3) is 1.46. The first-order chi connectivity index (χ1) is 6.72. The lowest BCUT2D eigenvalue weighted by Crippen LogP contribution is -1.96. The van der Waals surface area contributed by atoms with Gasteiger partial charge >= 0.3 is 0 Å². The molecule has 0 radical (unpaired) electrons. The molecule has 0 spiro atoms. The minimum absolute atomic E-state index is 0.136. The number of carbonyl (C=O) groups is 1. The Hall–Kier alpha value is -1.16. The number of rotatable bonds is 2. The third-order valence-electron chi connectivity index (χ3n) is 1.89. The largest absolute Gasteiger partial charge is 0.450 e. The highest BCUT2D eigenvalue weighted by molar-refractivity contribution is 9.09. The van der Waals surface area contributed by atoms with Crippen molar-refractivity contribution in [2.75, 3.05) is 5.33 Å². The lowest BCUT2D eigenvalue weighted by atomic mass is 10.2. The van der Waals surface area contributed by atoms with Crippen molar-refractivity contribution in [3.63, 3.8) is 0 Å². The van der Waals surface area contributed by atoms with Crippen molar-refractivity contribution in [3.8, 4) is 0 Å². The Kier molecular flexibility index (Phi) is 2.37. The lowest BCUT2D eigenvalue weighted by molar-refractivity contribution is 0.0995. The van der Waals surface area contributed by atoms with E-state index in [1.165, 1.54) is 6.07 Å². The standard InChI is InChI=1S/C10H6BrFO2/c11-5-8(13)9-4-6-2-1-3-7(12)10(6)14-9/h1-4H,5H2. The summed E-state index contributed by atoms with van der Waals surface area (Å²) in [5, 5.41) is 0.781. The molecular formula is C10H6BrFO2. The first-order valence-electron chi connectivity index (χ1n) is 3.99. The van der Waals surface area contributed by atoms with E-state index in [0.717, 1.165) is 0 Å². The number of furan rings is 1. The van der Waals surface area contributed by atoms with Gasteiger partial charge in [0.15, 0.2) is 17.2 Å². The van der Waals surface area contributed by atoms with E-state index in [0.29, 0.717) is 5.39 Å². The fourth-order valence-electron chi connectivity index (χ4n) is 1.23. The van der Waals surface area contributed by atoms with Crippen LogP contribution in [0.4, 0.5) is 4.39 Å². The first kappa shape index (κ1) is 9.40. The van der Waals surface area contributed by atoms with Gasteiger partial charge < -0.3 is 4.42 Å². The van der Waals surface area contributed by atoms with Crippen LogP contribution in [-0.2, 0) is 0 Å². The summed E-state index contributed by atoms with van der Waals surface area (Å²) in [6.07, 6.45) is 0. The van der Waals surface area contributed by atoms with Gasteiger partial charge in [0.25, 0.3) is 0 Å². The number of halogens is 2. The second-order valence-corrected chi connectivity index (χ2v) is 3.39. The number of alkyl halides is 1. The van der Waals surface area contributed by atoms with Crippen LogP contribution in [0, 0.1) is 5.82 Å². The molecule has 1 aromatic carbocycles. The molecule has 0 aliphatic carbocycles. The predicted octanol–water partition coefficient (Wildman–Crippen LogP) is 3.15. The highest BCUT2D eigenvalue weighted by Gasteiger charge is 2.12. The van der Waals surface area contributed by atoms with Crippen molar-refractivity contribution in [3.05, 3.63) is 35.8 Å². The van der Waals surface area contributed by atoms with Gasteiger partial charge in [0.1, 0.15) is 0 Å². The number of Topliss-reactive ketones (excluding diaryl/α,β-unsaturated/α-hetero) is 1. The van der Waals surface area contributed by atoms with Crippen molar-refractivity contribution < 1.29 is 13.6 Å². The number of benzene rings is 1. The second-order valence-electron chi connectivity index (χ2n) is 2.83. The first-order valence-corrected chi connectivity index (χ1v) is 5.12. The van der Waals surface area contributed by atoms with Crippen LogP contribution in [0.15, 0.2) is 28.7 Å². The minimum atomic E-state index is -0.448. The van der Waals surface area contributed by atoms with Gasteiger partial charge in [-0.3, -0.25) is 4.79 Å². The molecule has 0 saturated carbocycles. The number of hydrogen-bond acceptors (Lipinski definition) is 2. The molecule has 0 aliphatic heterocycles. The molecule has 2 nitrogen and oxygen atoms in total. The molecule has 0 aliphatic rings. The minimum Gasteiger partial charge on any atom is -0.450 e. The highest BCUT2D eigenvalue weighted by Crippen LogP contribution is 2.22. The summed E-state index contributed by atoms with van der Waals surface area (Å²) < 4.78 is 18.2. The Morgan fingerprint density at radius 1 is 1.50 bits per heavy atom. The fraction of sp³-hybridized carbons (Fsp3) is 0.100. The fourth-order valence-corrected chi connectivity index (χ4v) is 1.51. The maximum absolute atomic E-state index is 13.2. The van der Waals surface area contributed by atoms with Gasteiger partial charge in [0.05, 0.1) is 5.33 Å².